The summed E-state index contributed by atoms with van der Waals surface area (Å²) in [7, 11) is 0. The molecular formula is C13H16N2O3. The van der Waals surface area contributed by atoms with Gasteiger partial charge in [0.25, 0.3) is 0 Å². The second-order valence-electron chi connectivity index (χ2n) is 3.97. The Morgan fingerprint density at radius 3 is 2.44 bits per heavy atom. The van der Waals surface area contributed by atoms with Gasteiger partial charge < -0.3 is 15.9 Å². The summed E-state index contributed by atoms with van der Waals surface area (Å²) < 4.78 is 0. The van der Waals surface area contributed by atoms with E-state index in [1.165, 1.54) is 12.1 Å². The minimum absolute atomic E-state index is 0.169. The normalized spacial score (nSPS) is 13.7. The Hall–Kier alpha value is -1.74. The van der Waals surface area contributed by atoms with Gasteiger partial charge in [-0.3, -0.25) is 4.79 Å². The molecule has 0 fully saturated rings. The third-order valence-corrected chi connectivity index (χ3v) is 2.64. The van der Waals surface area contributed by atoms with Crippen LogP contribution < -0.4 is 5.73 Å². The molecule has 0 saturated heterocycles. The Morgan fingerprint density at radius 1 is 1.33 bits per heavy atom. The maximum atomic E-state index is 11.4. The van der Waals surface area contributed by atoms with Crippen LogP contribution in [0.4, 0.5) is 0 Å². The molecule has 0 aliphatic rings. The van der Waals surface area contributed by atoms with E-state index in [1.54, 1.807) is 18.2 Å². The molecule has 1 rings (SSSR count). The van der Waals surface area contributed by atoms with E-state index in [4.69, 9.17) is 11.0 Å². The molecule has 2 atom stereocenters. The highest BCUT2D eigenvalue weighted by Gasteiger charge is 2.17. The summed E-state index contributed by atoms with van der Waals surface area (Å²) in [5.41, 5.74) is 6.23. The van der Waals surface area contributed by atoms with Crippen molar-refractivity contribution in [3.8, 4) is 6.07 Å². The van der Waals surface area contributed by atoms with E-state index in [1.807, 2.05) is 0 Å². The molecule has 4 N–H and O–H groups in total. The fourth-order valence-corrected chi connectivity index (χ4v) is 1.59. The van der Waals surface area contributed by atoms with Crippen molar-refractivity contribution in [3.05, 3.63) is 35.4 Å². The molecule has 0 spiro atoms. The molecule has 0 aromatic heterocycles. The number of nitrogens with two attached hydrogens (primary N) is 1. The lowest BCUT2D eigenvalue weighted by Crippen LogP contribution is -2.21. The van der Waals surface area contributed by atoms with Gasteiger partial charge in [0.15, 0.2) is 5.78 Å². The van der Waals surface area contributed by atoms with Crippen LogP contribution in [0.15, 0.2) is 24.3 Å². The predicted molar refractivity (Wildman–Crippen MR) is 65.6 cm³/mol. The zero-order chi connectivity index (χ0) is 13.5. The van der Waals surface area contributed by atoms with Crippen LogP contribution in [-0.4, -0.2) is 28.6 Å². The summed E-state index contributed by atoms with van der Waals surface area (Å²) in [6.45, 7) is 0.289. The van der Waals surface area contributed by atoms with Crippen LogP contribution in [0.1, 0.15) is 34.9 Å². The summed E-state index contributed by atoms with van der Waals surface area (Å²) in [5, 5.41) is 27.8. The number of carbonyl (C=O) groups is 1. The predicted octanol–water partition coefficient (Wildman–Crippen LogP) is 0.526. The largest absolute Gasteiger partial charge is 0.390 e. The molecule has 96 valence electrons. The number of nitriles is 1. The molecule has 1 aromatic carbocycles. The fourth-order valence-electron chi connectivity index (χ4n) is 1.59. The zero-order valence-electron chi connectivity index (χ0n) is 9.91. The van der Waals surface area contributed by atoms with Crippen molar-refractivity contribution in [2.75, 3.05) is 6.54 Å². The van der Waals surface area contributed by atoms with Gasteiger partial charge in [0.1, 0.15) is 6.10 Å². The van der Waals surface area contributed by atoms with Crippen LogP contribution in [-0.2, 0) is 0 Å². The quantitative estimate of drug-likeness (QED) is 0.636. The first-order valence-corrected chi connectivity index (χ1v) is 5.66. The molecular weight excluding hydrogens is 232 g/mol. The summed E-state index contributed by atoms with van der Waals surface area (Å²) in [6.07, 6.45) is -1.81. The minimum Gasteiger partial charge on any atom is -0.390 e. The molecule has 18 heavy (non-hydrogen) atoms. The van der Waals surface area contributed by atoms with Crippen LogP contribution in [0.2, 0.25) is 0 Å². The number of benzene rings is 1. The Morgan fingerprint density at radius 2 is 1.94 bits per heavy atom. The van der Waals surface area contributed by atoms with Crippen molar-refractivity contribution in [2.45, 2.75) is 25.0 Å². The first-order chi connectivity index (χ1) is 8.60. The lowest BCUT2D eigenvalue weighted by atomic mass is 9.99. The summed E-state index contributed by atoms with van der Waals surface area (Å²) in [4.78, 5) is 11.4. The van der Waals surface area contributed by atoms with Crippen LogP contribution in [0.5, 0.6) is 0 Å². The van der Waals surface area contributed by atoms with Crippen molar-refractivity contribution in [2.24, 2.45) is 5.73 Å². The molecule has 1 aromatic rings. The third-order valence-electron chi connectivity index (χ3n) is 2.64. The number of carbonyl (C=O) groups excluding carboxylic acids is 1. The second kappa shape index (κ2) is 6.87. The molecule has 2 unspecified atom stereocenters. The maximum Gasteiger partial charge on any atom is 0.176 e. The van der Waals surface area contributed by atoms with E-state index in [0.29, 0.717) is 17.5 Å². The highest BCUT2D eigenvalue weighted by molar-refractivity contribution is 5.97. The van der Waals surface area contributed by atoms with Gasteiger partial charge in [-0.2, -0.15) is 5.26 Å². The van der Waals surface area contributed by atoms with Crippen molar-refractivity contribution in [3.63, 3.8) is 0 Å². The summed E-state index contributed by atoms with van der Waals surface area (Å²) in [5.74, 6) is -0.263. The number of hydrogen-bond acceptors (Lipinski definition) is 5. The van der Waals surface area contributed by atoms with Crippen molar-refractivity contribution < 1.29 is 15.0 Å². The maximum absolute atomic E-state index is 11.4. The van der Waals surface area contributed by atoms with Gasteiger partial charge in [0, 0.05) is 5.56 Å². The van der Waals surface area contributed by atoms with E-state index >= 15 is 0 Å². The van der Waals surface area contributed by atoms with Crippen LogP contribution in [0, 0.1) is 11.3 Å². The van der Waals surface area contributed by atoms with Gasteiger partial charge in [-0.15, -0.1) is 0 Å². The second-order valence-corrected chi connectivity index (χ2v) is 3.97. The molecule has 0 aliphatic carbocycles. The topological polar surface area (TPSA) is 107 Å². The average molecular weight is 248 g/mol. The lowest BCUT2D eigenvalue weighted by molar-refractivity contribution is 0.0150. The first kappa shape index (κ1) is 14.3. The smallest absolute Gasteiger partial charge is 0.176 e. The molecule has 0 saturated carbocycles. The van der Waals surface area contributed by atoms with Crippen LogP contribution >= 0.6 is 0 Å². The number of aliphatic hydroxyl groups excluding tert-OH is 2. The molecule has 5 nitrogen and oxygen atoms in total. The average Bonchev–Trinajstić information content (AvgIpc) is 2.38. The Bertz CT molecular complexity index is 437. The first-order valence-electron chi connectivity index (χ1n) is 5.66. The third kappa shape index (κ3) is 3.64. The molecule has 0 bridgehead atoms. The van der Waals surface area contributed by atoms with E-state index in [0.717, 1.165) is 0 Å². The SMILES string of the molecule is N#CCC(=O)c1ccc(C(O)C(O)CCN)cc1. The van der Waals surface area contributed by atoms with Gasteiger partial charge in [-0.25, -0.2) is 0 Å². The van der Waals surface area contributed by atoms with E-state index in [-0.39, 0.29) is 18.7 Å². The highest BCUT2D eigenvalue weighted by Crippen LogP contribution is 2.19. The van der Waals surface area contributed by atoms with Crippen molar-refractivity contribution in [1.82, 2.24) is 0 Å². The van der Waals surface area contributed by atoms with Crippen LogP contribution in [0.3, 0.4) is 0 Å². The lowest BCUT2D eigenvalue weighted by Gasteiger charge is -2.17. The molecule has 0 heterocycles. The molecule has 5 heteroatoms. The Kier molecular flexibility index (Phi) is 5.46. The number of aliphatic hydroxyl groups is 2. The van der Waals surface area contributed by atoms with Gasteiger partial charge in [-0.1, -0.05) is 24.3 Å². The van der Waals surface area contributed by atoms with Crippen LogP contribution in [0.25, 0.3) is 0 Å². The summed E-state index contributed by atoms with van der Waals surface area (Å²) in [6, 6.07) is 7.98. The monoisotopic (exact) mass is 248 g/mol. The van der Waals surface area contributed by atoms with E-state index in [2.05, 4.69) is 0 Å². The van der Waals surface area contributed by atoms with Gasteiger partial charge in [-0.05, 0) is 18.5 Å². The number of rotatable bonds is 6. The van der Waals surface area contributed by atoms with Gasteiger partial charge >= 0.3 is 0 Å². The minimum atomic E-state index is -1.02. The number of nitrogens with zero attached hydrogens (tertiary/aromatic N) is 1. The van der Waals surface area contributed by atoms with E-state index < -0.39 is 12.2 Å². The van der Waals surface area contributed by atoms with E-state index in [9.17, 15) is 15.0 Å². The van der Waals surface area contributed by atoms with Crippen molar-refractivity contribution in [1.29, 1.82) is 5.26 Å². The number of ketones is 1. The zero-order valence-corrected chi connectivity index (χ0v) is 9.91. The molecule has 0 aliphatic heterocycles. The molecule has 0 amide bonds. The number of Topliss-reactive ketones (excluding diaryl/α,β-unsaturated/α-hetero) is 1. The van der Waals surface area contributed by atoms with Gasteiger partial charge in [0.2, 0.25) is 0 Å². The fraction of sp³-hybridized carbons (Fsp3) is 0.385. The van der Waals surface area contributed by atoms with Crippen molar-refractivity contribution >= 4 is 5.78 Å². The summed E-state index contributed by atoms with van der Waals surface area (Å²) >= 11 is 0. The highest BCUT2D eigenvalue weighted by atomic mass is 16.3. The molecule has 0 radical (unpaired) electrons. The standard InChI is InChI=1S/C13H16N2O3/c14-7-5-11(16)9-1-3-10(4-2-9)13(18)12(17)6-8-15/h1-4,12-13,17-18H,5-6,8,15H2. The van der Waals surface area contributed by atoms with Gasteiger partial charge in [0.05, 0.1) is 18.6 Å². The Balaban J connectivity index is 2.76. The Labute approximate surface area is 105 Å². The number of hydrogen-bond donors (Lipinski definition) is 3.